The molecule has 2 fully saturated rings. The molecule has 60 valence electrons. The molecule has 4 atom stereocenters. The van der Waals surface area contributed by atoms with Gasteiger partial charge in [0.15, 0.2) is 0 Å². The molecule has 2 saturated heterocycles. The maximum atomic E-state index is 9.25. The minimum Gasteiger partial charge on any atom is -0.388 e. The summed E-state index contributed by atoms with van der Waals surface area (Å²) in [5.41, 5.74) is 0. The smallest absolute Gasteiger partial charge is 0.113 e. The third kappa shape index (κ3) is 0.932. The third-order valence-corrected chi connectivity index (χ3v) is 2.19. The lowest BCUT2D eigenvalue weighted by atomic mass is 10.0. The van der Waals surface area contributed by atoms with E-state index in [4.69, 9.17) is 14.7 Å². The Morgan fingerprint density at radius 2 is 2.00 bits per heavy atom. The molecule has 4 heteroatoms. The van der Waals surface area contributed by atoms with Crippen LogP contribution >= 0.6 is 0 Å². The Morgan fingerprint density at radius 3 is 2.73 bits per heavy atom. The van der Waals surface area contributed by atoms with Gasteiger partial charge in [-0.1, -0.05) is 0 Å². The van der Waals surface area contributed by atoms with Gasteiger partial charge in [-0.2, -0.15) is 5.26 Å². The molecule has 2 heterocycles. The lowest BCUT2D eigenvalue weighted by Crippen LogP contribution is -2.28. The Balaban J connectivity index is 2.11. The van der Waals surface area contributed by atoms with Gasteiger partial charge in [0.2, 0.25) is 0 Å². The predicted octanol–water partition coefficient (Wildman–Crippen LogP) is -0.715. The fourth-order valence-electron chi connectivity index (χ4n) is 1.59. The lowest BCUT2D eigenvalue weighted by molar-refractivity contribution is 0.0179. The molecular formula is C7H9NO3. The molecule has 0 bridgehead atoms. The van der Waals surface area contributed by atoms with Crippen LogP contribution in [-0.2, 0) is 9.47 Å². The Kier molecular flexibility index (Phi) is 1.57. The molecule has 0 aromatic carbocycles. The second-order valence-electron chi connectivity index (χ2n) is 2.90. The Bertz CT molecular complexity index is 200. The van der Waals surface area contributed by atoms with Crippen LogP contribution in [0.1, 0.15) is 0 Å². The number of ether oxygens (including phenoxy) is 2. The second kappa shape index (κ2) is 2.45. The predicted molar refractivity (Wildman–Crippen MR) is 34.6 cm³/mol. The van der Waals surface area contributed by atoms with E-state index in [0.717, 1.165) is 0 Å². The highest BCUT2D eigenvalue weighted by Gasteiger charge is 2.47. The summed E-state index contributed by atoms with van der Waals surface area (Å²) in [6.45, 7) is 0.691. The summed E-state index contributed by atoms with van der Waals surface area (Å²) in [5, 5.41) is 17.9. The first-order chi connectivity index (χ1) is 5.33. The molecule has 0 radical (unpaired) electrons. The van der Waals surface area contributed by atoms with Gasteiger partial charge in [0, 0.05) is 0 Å². The third-order valence-electron chi connectivity index (χ3n) is 2.19. The molecule has 0 aromatic rings. The van der Waals surface area contributed by atoms with Crippen molar-refractivity contribution in [2.45, 2.75) is 18.3 Å². The molecule has 1 N–H and O–H groups in total. The Hall–Kier alpha value is -0.630. The number of nitriles is 1. The fraction of sp³-hybridized carbons (Fsp3) is 0.857. The summed E-state index contributed by atoms with van der Waals surface area (Å²) in [6, 6.07) is 2.09. The van der Waals surface area contributed by atoms with Crippen molar-refractivity contribution < 1.29 is 14.6 Å². The molecule has 11 heavy (non-hydrogen) atoms. The van der Waals surface area contributed by atoms with E-state index < -0.39 is 6.10 Å². The van der Waals surface area contributed by atoms with Gasteiger partial charge in [0.25, 0.3) is 0 Å². The van der Waals surface area contributed by atoms with Crippen LogP contribution in [0, 0.1) is 17.2 Å². The summed E-state index contributed by atoms with van der Waals surface area (Å²) in [6.07, 6.45) is -1.01. The van der Waals surface area contributed by atoms with Crippen molar-refractivity contribution in [1.82, 2.24) is 0 Å². The summed E-state index contributed by atoms with van der Waals surface area (Å²) in [7, 11) is 0. The average Bonchev–Trinajstić information content (AvgIpc) is 2.53. The quantitative estimate of drug-likeness (QED) is 0.501. The highest BCUT2D eigenvalue weighted by Crippen LogP contribution is 2.30. The van der Waals surface area contributed by atoms with Gasteiger partial charge in [-0.05, 0) is 0 Å². The van der Waals surface area contributed by atoms with Crippen LogP contribution in [0.4, 0.5) is 0 Å². The molecule has 2 aliphatic heterocycles. The van der Waals surface area contributed by atoms with E-state index >= 15 is 0 Å². The normalized spacial score (nSPS) is 48.7. The minimum absolute atomic E-state index is 0.197. The van der Waals surface area contributed by atoms with E-state index in [0.29, 0.717) is 13.2 Å². The van der Waals surface area contributed by atoms with Gasteiger partial charge < -0.3 is 14.6 Å². The van der Waals surface area contributed by atoms with E-state index in [-0.39, 0.29) is 18.1 Å². The summed E-state index contributed by atoms with van der Waals surface area (Å²) < 4.78 is 10.4. The van der Waals surface area contributed by atoms with Gasteiger partial charge in [-0.25, -0.2) is 0 Å². The number of hydrogen-bond acceptors (Lipinski definition) is 4. The number of nitrogens with zero attached hydrogens (tertiary/aromatic N) is 1. The van der Waals surface area contributed by atoms with Gasteiger partial charge in [0.1, 0.15) is 18.3 Å². The van der Waals surface area contributed by atoms with Crippen LogP contribution in [0.2, 0.25) is 0 Å². The monoisotopic (exact) mass is 155 g/mol. The highest BCUT2D eigenvalue weighted by molar-refractivity contribution is 5.02. The first-order valence-corrected chi connectivity index (χ1v) is 3.64. The van der Waals surface area contributed by atoms with Crippen molar-refractivity contribution >= 4 is 0 Å². The minimum atomic E-state index is -0.543. The van der Waals surface area contributed by atoms with Gasteiger partial charge in [0.05, 0.1) is 25.2 Å². The topological polar surface area (TPSA) is 62.5 Å². The molecule has 0 aliphatic carbocycles. The molecule has 0 saturated carbocycles. The van der Waals surface area contributed by atoms with Crippen LogP contribution < -0.4 is 0 Å². The zero-order valence-corrected chi connectivity index (χ0v) is 5.93. The summed E-state index contributed by atoms with van der Waals surface area (Å²) in [4.78, 5) is 0. The van der Waals surface area contributed by atoms with Crippen molar-refractivity contribution in [1.29, 1.82) is 5.26 Å². The Morgan fingerprint density at radius 1 is 1.27 bits per heavy atom. The number of aliphatic hydroxyl groups is 1. The number of aliphatic hydroxyl groups excluding tert-OH is 1. The van der Waals surface area contributed by atoms with Crippen molar-refractivity contribution in [3.63, 3.8) is 0 Å². The largest absolute Gasteiger partial charge is 0.388 e. The van der Waals surface area contributed by atoms with Gasteiger partial charge in [-0.3, -0.25) is 0 Å². The zero-order valence-electron chi connectivity index (χ0n) is 5.93. The summed E-state index contributed by atoms with van der Waals surface area (Å²) in [5.74, 6) is -0.197. The molecule has 4 unspecified atom stereocenters. The van der Waals surface area contributed by atoms with E-state index in [1.165, 1.54) is 0 Å². The number of fused-ring (bicyclic) bond motifs is 1. The maximum absolute atomic E-state index is 9.25. The SMILES string of the molecule is N#CC1COC2C(O)COC12. The number of rotatable bonds is 0. The van der Waals surface area contributed by atoms with Crippen LogP contribution in [0.5, 0.6) is 0 Å². The maximum Gasteiger partial charge on any atom is 0.113 e. The molecule has 2 rings (SSSR count). The van der Waals surface area contributed by atoms with Crippen LogP contribution in [0.25, 0.3) is 0 Å². The summed E-state index contributed by atoms with van der Waals surface area (Å²) >= 11 is 0. The van der Waals surface area contributed by atoms with Gasteiger partial charge >= 0.3 is 0 Å². The lowest BCUT2D eigenvalue weighted by Gasteiger charge is -2.09. The van der Waals surface area contributed by atoms with Crippen molar-refractivity contribution in [3.8, 4) is 6.07 Å². The van der Waals surface area contributed by atoms with E-state index in [1.807, 2.05) is 0 Å². The van der Waals surface area contributed by atoms with E-state index in [2.05, 4.69) is 6.07 Å². The molecule has 2 aliphatic rings. The zero-order chi connectivity index (χ0) is 7.84. The number of hydrogen-bond donors (Lipinski definition) is 1. The Labute approximate surface area is 64.3 Å². The highest BCUT2D eigenvalue weighted by atomic mass is 16.6. The first-order valence-electron chi connectivity index (χ1n) is 3.64. The average molecular weight is 155 g/mol. The molecule has 0 aromatic heterocycles. The molecule has 4 nitrogen and oxygen atoms in total. The van der Waals surface area contributed by atoms with E-state index in [1.54, 1.807) is 0 Å². The standard InChI is InChI=1S/C7H9NO3/c8-1-4-2-10-7-5(9)3-11-6(4)7/h4-7,9H,2-3H2. The molecule has 0 spiro atoms. The van der Waals surface area contributed by atoms with Crippen molar-refractivity contribution in [2.24, 2.45) is 5.92 Å². The fourth-order valence-corrected chi connectivity index (χ4v) is 1.59. The van der Waals surface area contributed by atoms with Crippen LogP contribution in [0.15, 0.2) is 0 Å². The molecular weight excluding hydrogens is 146 g/mol. The van der Waals surface area contributed by atoms with Crippen LogP contribution in [0.3, 0.4) is 0 Å². The molecule has 0 amide bonds. The van der Waals surface area contributed by atoms with Crippen LogP contribution in [-0.4, -0.2) is 36.6 Å². The van der Waals surface area contributed by atoms with Gasteiger partial charge in [-0.15, -0.1) is 0 Å². The van der Waals surface area contributed by atoms with E-state index in [9.17, 15) is 5.11 Å². The second-order valence-corrected chi connectivity index (χ2v) is 2.90. The van der Waals surface area contributed by atoms with Crippen molar-refractivity contribution in [2.75, 3.05) is 13.2 Å². The van der Waals surface area contributed by atoms with Crippen molar-refractivity contribution in [3.05, 3.63) is 0 Å². The first kappa shape index (κ1) is 7.04.